The number of aromatic nitrogens is 2. The highest BCUT2D eigenvalue weighted by Gasteiger charge is 2.22. The van der Waals surface area contributed by atoms with Gasteiger partial charge in [-0.2, -0.15) is 0 Å². The molecular formula is C22H17FN2O4. The Morgan fingerprint density at radius 1 is 1.00 bits per heavy atom. The lowest BCUT2D eigenvalue weighted by atomic mass is 10.1. The highest BCUT2D eigenvalue weighted by atomic mass is 19.1. The molecule has 0 spiro atoms. The minimum Gasteiger partial charge on any atom is -0.449 e. The molecule has 0 aliphatic carbocycles. The van der Waals surface area contributed by atoms with Crippen LogP contribution in [0.5, 0.6) is 0 Å². The Kier molecular flexibility index (Phi) is 4.95. The summed E-state index contributed by atoms with van der Waals surface area (Å²) in [6.45, 7) is 3.60. The van der Waals surface area contributed by atoms with Crippen LogP contribution in [-0.2, 0) is 4.74 Å². The molecule has 2 aromatic heterocycles. The first-order valence-electron chi connectivity index (χ1n) is 8.97. The number of hydrogen-bond donors (Lipinski definition) is 0. The molecule has 29 heavy (non-hydrogen) atoms. The summed E-state index contributed by atoms with van der Waals surface area (Å²) >= 11 is 0. The normalized spacial score (nSPS) is 12.0. The fourth-order valence-corrected chi connectivity index (χ4v) is 2.78. The Balaban J connectivity index is 1.45. The summed E-state index contributed by atoms with van der Waals surface area (Å²) in [6, 6.07) is 16.5. The van der Waals surface area contributed by atoms with Crippen molar-refractivity contribution in [3.8, 4) is 22.8 Å². The van der Waals surface area contributed by atoms with Crippen LogP contribution in [-0.4, -0.2) is 16.2 Å². The van der Waals surface area contributed by atoms with Crippen LogP contribution in [0.25, 0.3) is 22.8 Å². The number of nitrogens with zero attached hydrogens (tertiary/aromatic N) is 2. The maximum Gasteiger partial charge on any atom is 0.375 e. The molecule has 0 aliphatic rings. The summed E-state index contributed by atoms with van der Waals surface area (Å²) in [7, 11) is 0. The van der Waals surface area contributed by atoms with Gasteiger partial charge < -0.3 is 13.6 Å². The molecule has 0 bridgehead atoms. The van der Waals surface area contributed by atoms with Crippen molar-refractivity contribution < 1.29 is 22.8 Å². The zero-order valence-electron chi connectivity index (χ0n) is 15.8. The van der Waals surface area contributed by atoms with Crippen LogP contribution >= 0.6 is 0 Å². The third-order valence-corrected chi connectivity index (χ3v) is 4.27. The van der Waals surface area contributed by atoms with Crippen LogP contribution in [0.3, 0.4) is 0 Å². The molecule has 0 N–H and O–H groups in total. The van der Waals surface area contributed by atoms with E-state index in [0.29, 0.717) is 17.2 Å². The van der Waals surface area contributed by atoms with Gasteiger partial charge in [0.05, 0.1) is 0 Å². The summed E-state index contributed by atoms with van der Waals surface area (Å²) in [5.74, 6) is -0.0263. The monoisotopic (exact) mass is 392 g/mol. The molecule has 1 unspecified atom stereocenters. The quantitative estimate of drug-likeness (QED) is 0.425. The van der Waals surface area contributed by atoms with Crippen molar-refractivity contribution >= 4 is 5.97 Å². The number of benzene rings is 2. The molecule has 2 heterocycles. The molecule has 0 saturated heterocycles. The summed E-state index contributed by atoms with van der Waals surface area (Å²) < 4.78 is 29.6. The molecule has 4 rings (SSSR count). The van der Waals surface area contributed by atoms with E-state index in [1.807, 2.05) is 31.2 Å². The van der Waals surface area contributed by atoms with Gasteiger partial charge in [0.25, 0.3) is 5.89 Å². The highest BCUT2D eigenvalue weighted by Crippen LogP contribution is 2.26. The first kappa shape index (κ1) is 18.6. The molecule has 6 nitrogen and oxygen atoms in total. The number of esters is 1. The van der Waals surface area contributed by atoms with Crippen molar-refractivity contribution in [1.82, 2.24) is 10.2 Å². The minimum absolute atomic E-state index is 0.0228. The zero-order valence-corrected chi connectivity index (χ0v) is 15.8. The lowest BCUT2D eigenvalue weighted by molar-refractivity contribution is 0.0245. The molecule has 2 aromatic carbocycles. The second kappa shape index (κ2) is 7.71. The largest absolute Gasteiger partial charge is 0.449 e. The summed E-state index contributed by atoms with van der Waals surface area (Å²) in [4.78, 5) is 12.4. The van der Waals surface area contributed by atoms with Crippen molar-refractivity contribution in [1.29, 1.82) is 0 Å². The van der Waals surface area contributed by atoms with E-state index in [2.05, 4.69) is 10.2 Å². The highest BCUT2D eigenvalue weighted by molar-refractivity contribution is 5.87. The fraction of sp³-hybridized carbons (Fsp3) is 0.136. The lowest BCUT2D eigenvalue weighted by Crippen LogP contribution is -2.08. The van der Waals surface area contributed by atoms with Crippen molar-refractivity contribution in [3.63, 3.8) is 0 Å². The first-order chi connectivity index (χ1) is 14.0. The maximum absolute atomic E-state index is 13.0. The van der Waals surface area contributed by atoms with E-state index in [-0.39, 0.29) is 17.5 Å². The predicted molar refractivity (Wildman–Crippen MR) is 102 cm³/mol. The Morgan fingerprint density at radius 3 is 2.55 bits per heavy atom. The van der Waals surface area contributed by atoms with Crippen LogP contribution in [0.2, 0.25) is 0 Å². The van der Waals surface area contributed by atoms with Gasteiger partial charge in [-0.25, -0.2) is 9.18 Å². The van der Waals surface area contributed by atoms with E-state index >= 15 is 0 Å². The van der Waals surface area contributed by atoms with Crippen molar-refractivity contribution in [2.24, 2.45) is 0 Å². The van der Waals surface area contributed by atoms with Gasteiger partial charge in [-0.05, 0) is 62.4 Å². The lowest BCUT2D eigenvalue weighted by Gasteiger charge is -2.07. The van der Waals surface area contributed by atoms with Crippen molar-refractivity contribution in [2.45, 2.75) is 20.0 Å². The predicted octanol–water partition coefficient (Wildman–Crippen LogP) is 5.36. The van der Waals surface area contributed by atoms with Crippen molar-refractivity contribution in [2.75, 3.05) is 0 Å². The number of furan rings is 1. The molecule has 0 saturated carbocycles. The van der Waals surface area contributed by atoms with Gasteiger partial charge in [-0.15, -0.1) is 10.2 Å². The van der Waals surface area contributed by atoms with Gasteiger partial charge in [0.15, 0.2) is 6.10 Å². The molecule has 0 aliphatic heterocycles. The van der Waals surface area contributed by atoms with Gasteiger partial charge in [-0.3, -0.25) is 0 Å². The van der Waals surface area contributed by atoms with E-state index in [9.17, 15) is 9.18 Å². The fourth-order valence-electron chi connectivity index (χ4n) is 2.78. The Hall–Kier alpha value is -3.74. The second-order valence-electron chi connectivity index (χ2n) is 6.53. The maximum atomic E-state index is 13.0. The average molecular weight is 392 g/mol. The van der Waals surface area contributed by atoms with E-state index in [0.717, 1.165) is 11.1 Å². The topological polar surface area (TPSA) is 78.4 Å². The van der Waals surface area contributed by atoms with Crippen LogP contribution in [0.1, 0.15) is 35.0 Å². The second-order valence-corrected chi connectivity index (χ2v) is 6.53. The molecule has 7 heteroatoms. The number of carbonyl (C=O) groups excluding carboxylic acids is 1. The first-order valence-corrected chi connectivity index (χ1v) is 8.97. The molecule has 0 fully saturated rings. The molecule has 0 radical (unpaired) electrons. The summed E-state index contributed by atoms with van der Waals surface area (Å²) in [5, 5.41) is 7.99. The molecule has 146 valence electrons. The Bertz CT molecular complexity index is 1150. The van der Waals surface area contributed by atoms with Gasteiger partial charge in [-0.1, -0.05) is 17.7 Å². The molecule has 4 aromatic rings. The van der Waals surface area contributed by atoms with Crippen LogP contribution < -0.4 is 0 Å². The van der Waals surface area contributed by atoms with Gasteiger partial charge in [0, 0.05) is 11.1 Å². The Labute approximate surface area is 165 Å². The van der Waals surface area contributed by atoms with E-state index in [1.54, 1.807) is 25.1 Å². The smallest absolute Gasteiger partial charge is 0.375 e. The molecule has 0 amide bonds. The summed E-state index contributed by atoms with van der Waals surface area (Å²) in [6.07, 6.45) is -0.757. The van der Waals surface area contributed by atoms with Crippen LogP contribution in [0.4, 0.5) is 4.39 Å². The number of hydrogen-bond acceptors (Lipinski definition) is 6. The third-order valence-electron chi connectivity index (χ3n) is 4.27. The Morgan fingerprint density at radius 2 is 1.79 bits per heavy atom. The minimum atomic E-state index is -0.757. The van der Waals surface area contributed by atoms with E-state index in [1.165, 1.54) is 18.2 Å². The number of halogens is 1. The van der Waals surface area contributed by atoms with E-state index in [4.69, 9.17) is 13.6 Å². The SMILES string of the molecule is Cc1cccc(-c2nnc(C(C)OC(=O)c3ccc(-c4ccc(F)cc4)o3)o2)c1. The standard InChI is InChI=1S/C22H17FN2O4/c1-13-4-3-5-16(12-13)21-25-24-20(29-21)14(2)27-22(26)19-11-10-18(28-19)15-6-8-17(23)9-7-15/h3-12,14H,1-2H3. The van der Waals surface area contributed by atoms with E-state index < -0.39 is 12.1 Å². The third kappa shape index (κ3) is 4.08. The number of aryl methyl sites for hydroxylation is 1. The number of rotatable bonds is 5. The summed E-state index contributed by atoms with van der Waals surface area (Å²) in [5.41, 5.74) is 2.51. The molecular weight excluding hydrogens is 375 g/mol. The molecule has 1 atom stereocenters. The van der Waals surface area contributed by atoms with Gasteiger partial charge in [0.2, 0.25) is 11.7 Å². The number of carbonyl (C=O) groups is 1. The van der Waals surface area contributed by atoms with Crippen molar-refractivity contribution in [3.05, 3.63) is 83.7 Å². The van der Waals surface area contributed by atoms with Gasteiger partial charge >= 0.3 is 5.97 Å². The number of ether oxygens (including phenoxy) is 1. The average Bonchev–Trinajstić information content (AvgIpc) is 3.39. The van der Waals surface area contributed by atoms with Crippen LogP contribution in [0.15, 0.2) is 69.5 Å². The van der Waals surface area contributed by atoms with Crippen LogP contribution in [0, 0.1) is 12.7 Å². The zero-order chi connectivity index (χ0) is 20.4. The van der Waals surface area contributed by atoms with Gasteiger partial charge in [0.1, 0.15) is 11.6 Å².